The molecule has 9 aromatic rings. The van der Waals surface area contributed by atoms with Crippen molar-refractivity contribution in [1.29, 1.82) is 0 Å². The minimum atomic E-state index is -0.489. The van der Waals surface area contributed by atoms with E-state index in [0.29, 0.717) is 11.1 Å². The van der Waals surface area contributed by atoms with Crippen LogP contribution >= 0.6 is 11.3 Å². The summed E-state index contributed by atoms with van der Waals surface area (Å²) in [5.41, 5.74) is 11.8. The van der Waals surface area contributed by atoms with Crippen molar-refractivity contribution in [3.63, 3.8) is 0 Å². The fraction of sp³-hybridized carbons (Fsp3) is 0.0909. The molecular formula is C55H46O4S. The topological polar surface area (TPSA) is 80.9 Å². The van der Waals surface area contributed by atoms with E-state index in [1.807, 2.05) is 48.6 Å². The molecule has 4 nitrogen and oxygen atoms in total. The van der Waals surface area contributed by atoms with E-state index in [1.54, 1.807) is 42.5 Å². The number of hydrogen-bond donors (Lipinski definition) is 4. The van der Waals surface area contributed by atoms with Crippen molar-refractivity contribution in [2.75, 3.05) is 0 Å². The monoisotopic (exact) mass is 802 g/mol. The standard InChI is InChI=1S/C28H24O4.C27H22S/c1-3-21(22-12-8-7-9-17(22)2)18-13-15-20(16-14-18)24-27(31)25(29)23(26(30)28(24)32)19-10-5-4-6-11-19;1-17(2)16-20-8-4-5-9-22(20)21-14-12-19-13-15-24-23-10-6-7-11-25(23)28-27(24)26(19)18(21)3/h3-16,29-32H,1-2H3;4-15H,1,16H2,2-3H3/b21-3-;. The molecule has 0 atom stereocenters. The van der Waals surface area contributed by atoms with Crippen LogP contribution in [0.3, 0.4) is 0 Å². The van der Waals surface area contributed by atoms with Crippen LogP contribution < -0.4 is 0 Å². The van der Waals surface area contributed by atoms with E-state index in [2.05, 4.69) is 112 Å². The Morgan fingerprint density at radius 1 is 0.583 bits per heavy atom. The maximum Gasteiger partial charge on any atom is 0.170 e. The van der Waals surface area contributed by atoms with E-state index in [-0.39, 0.29) is 11.1 Å². The lowest BCUT2D eigenvalue weighted by Crippen LogP contribution is -1.93. The molecule has 5 heteroatoms. The average molecular weight is 803 g/mol. The van der Waals surface area contributed by atoms with E-state index >= 15 is 0 Å². The van der Waals surface area contributed by atoms with E-state index in [0.717, 1.165) is 28.7 Å². The molecule has 0 spiro atoms. The predicted molar refractivity (Wildman–Crippen MR) is 253 cm³/mol. The van der Waals surface area contributed by atoms with Crippen molar-refractivity contribution in [1.82, 2.24) is 0 Å². The summed E-state index contributed by atoms with van der Waals surface area (Å²) in [6.07, 6.45) is 2.96. The first kappa shape index (κ1) is 39.7. The molecule has 0 saturated carbocycles. The molecule has 1 heterocycles. The molecule has 0 amide bonds. The number of rotatable bonds is 7. The van der Waals surface area contributed by atoms with Gasteiger partial charge in [0.25, 0.3) is 0 Å². The van der Waals surface area contributed by atoms with Crippen LogP contribution in [-0.4, -0.2) is 20.4 Å². The van der Waals surface area contributed by atoms with Crippen LogP contribution in [0.1, 0.15) is 41.7 Å². The highest BCUT2D eigenvalue weighted by atomic mass is 32.1. The fourth-order valence-corrected chi connectivity index (χ4v) is 9.65. The predicted octanol–water partition coefficient (Wildman–Crippen LogP) is 14.9. The van der Waals surface area contributed by atoms with Crippen molar-refractivity contribution in [2.24, 2.45) is 0 Å². The first-order chi connectivity index (χ1) is 29.1. The second-order valence-electron chi connectivity index (χ2n) is 15.3. The van der Waals surface area contributed by atoms with Gasteiger partial charge in [-0.2, -0.15) is 0 Å². The van der Waals surface area contributed by atoms with Gasteiger partial charge < -0.3 is 20.4 Å². The van der Waals surface area contributed by atoms with Gasteiger partial charge in [-0.05, 0) is 101 Å². The number of hydrogen-bond acceptors (Lipinski definition) is 5. The Balaban J connectivity index is 0.000000167. The lowest BCUT2D eigenvalue weighted by Gasteiger charge is -2.16. The third-order valence-corrected chi connectivity index (χ3v) is 12.5. The highest BCUT2D eigenvalue weighted by molar-refractivity contribution is 7.26. The summed E-state index contributed by atoms with van der Waals surface area (Å²) >= 11 is 1.91. The molecule has 9 rings (SSSR count). The molecule has 0 saturated heterocycles. The van der Waals surface area contributed by atoms with Gasteiger partial charge in [0.1, 0.15) is 0 Å². The zero-order valence-corrected chi connectivity index (χ0v) is 34.9. The Labute approximate surface area is 354 Å². The number of aryl methyl sites for hydroxylation is 2. The highest BCUT2D eigenvalue weighted by Crippen LogP contribution is 2.55. The molecule has 296 valence electrons. The molecule has 60 heavy (non-hydrogen) atoms. The van der Waals surface area contributed by atoms with Crippen molar-refractivity contribution >= 4 is 47.9 Å². The van der Waals surface area contributed by atoms with E-state index in [1.165, 1.54) is 58.8 Å². The zero-order valence-electron chi connectivity index (χ0n) is 34.1. The minimum Gasteiger partial charge on any atom is -0.504 e. The van der Waals surface area contributed by atoms with E-state index < -0.39 is 23.0 Å². The number of benzene rings is 8. The Bertz CT molecular complexity index is 3070. The quantitative estimate of drug-likeness (QED) is 0.0735. The Hall–Kier alpha value is -7.08. The lowest BCUT2D eigenvalue weighted by atomic mass is 9.90. The third kappa shape index (κ3) is 7.29. The van der Waals surface area contributed by atoms with Gasteiger partial charge in [0.15, 0.2) is 23.0 Å². The Morgan fingerprint density at radius 2 is 1.17 bits per heavy atom. The molecule has 0 aliphatic carbocycles. The first-order valence-electron chi connectivity index (χ1n) is 20.0. The van der Waals surface area contributed by atoms with Crippen LogP contribution in [0.25, 0.3) is 69.9 Å². The molecule has 0 unspecified atom stereocenters. The summed E-state index contributed by atoms with van der Waals surface area (Å²) in [5, 5.41) is 48.1. The van der Waals surface area contributed by atoms with Gasteiger partial charge in [-0.3, -0.25) is 0 Å². The van der Waals surface area contributed by atoms with Crippen LogP contribution in [0, 0.1) is 13.8 Å². The van der Waals surface area contributed by atoms with Crippen molar-refractivity contribution in [3.05, 3.63) is 198 Å². The SMILES string of the molecule is C/C=C(/c1ccc(-c2c(O)c(O)c(-c3ccccc3)c(O)c2O)cc1)c1ccccc1C.C=C(C)Cc1ccccc1-c1ccc2ccc3c4ccccc4sc3c2c1C. The maximum atomic E-state index is 10.7. The molecular weight excluding hydrogens is 757 g/mol. The molecule has 0 aliphatic rings. The highest BCUT2D eigenvalue weighted by Gasteiger charge is 2.25. The van der Waals surface area contributed by atoms with Crippen LogP contribution in [0.5, 0.6) is 23.0 Å². The van der Waals surface area contributed by atoms with Gasteiger partial charge in [-0.15, -0.1) is 11.3 Å². The van der Waals surface area contributed by atoms with Gasteiger partial charge in [0, 0.05) is 25.6 Å². The average Bonchev–Trinajstić information content (AvgIpc) is 3.64. The summed E-state index contributed by atoms with van der Waals surface area (Å²) in [6.45, 7) is 12.5. The van der Waals surface area contributed by atoms with Crippen LogP contribution in [0.15, 0.2) is 170 Å². The third-order valence-electron chi connectivity index (χ3n) is 11.3. The van der Waals surface area contributed by atoms with Crippen molar-refractivity contribution in [3.8, 4) is 56.4 Å². The smallest absolute Gasteiger partial charge is 0.170 e. The van der Waals surface area contributed by atoms with Gasteiger partial charge in [0.2, 0.25) is 0 Å². The van der Waals surface area contributed by atoms with Gasteiger partial charge in [-0.25, -0.2) is 0 Å². The van der Waals surface area contributed by atoms with Crippen LogP contribution in [0.4, 0.5) is 0 Å². The van der Waals surface area contributed by atoms with E-state index in [9.17, 15) is 20.4 Å². The summed E-state index contributed by atoms with van der Waals surface area (Å²) < 4.78 is 2.76. The van der Waals surface area contributed by atoms with Crippen LogP contribution in [0.2, 0.25) is 0 Å². The molecule has 0 fully saturated rings. The summed E-state index contributed by atoms with van der Waals surface area (Å²) in [5.74, 6) is -1.95. The molecule has 0 bridgehead atoms. The molecule has 0 aliphatic heterocycles. The largest absolute Gasteiger partial charge is 0.504 e. The molecule has 4 N–H and O–H groups in total. The normalized spacial score (nSPS) is 11.5. The second kappa shape index (κ2) is 16.6. The molecule has 0 radical (unpaired) electrons. The number of fused-ring (bicyclic) bond motifs is 5. The second-order valence-corrected chi connectivity index (χ2v) is 16.3. The van der Waals surface area contributed by atoms with E-state index in [4.69, 9.17) is 0 Å². The van der Waals surface area contributed by atoms with Gasteiger partial charge >= 0.3 is 0 Å². The first-order valence-corrected chi connectivity index (χ1v) is 20.8. The van der Waals surface area contributed by atoms with Crippen molar-refractivity contribution < 1.29 is 20.4 Å². The van der Waals surface area contributed by atoms with Gasteiger partial charge in [0.05, 0.1) is 11.1 Å². The lowest BCUT2D eigenvalue weighted by molar-refractivity contribution is 0.378. The summed E-state index contributed by atoms with van der Waals surface area (Å²) in [4.78, 5) is 0. The number of phenols is 4. The molecule has 8 aromatic carbocycles. The molecule has 1 aromatic heterocycles. The Kier molecular flexibility index (Phi) is 11.0. The number of aromatic hydroxyl groups is 4. The number of allylic oxidation sites excluding steroid dienone is 2. The fourth-order valence-electron chi connectivity index (χ4n) is 8.34. The van der Waals surface area contributed by atoms with Crippen molar-refractivity contribution in [2.45, 2.75) is 34.1 Å². The maximum absolute atomic E-state index is 10.7. The number of thiophene rings is 1. The minimum absolute atomic E-state index is 0.0169. The summed E-state index contributed by atoms with van der Waals surface area (Å²) in [6, 6.07) is 50.6. The zero-order chi connectivity index (χ0) is 42.1. The summed E-state index contributed by atoms with van der Waals surface area (Å²) in [7, 11) is 0. The number of phenolic OH excluding ortho intramolecular Hbond substituents is 4. The van der Waals surface area contributed by atoms with Gasteiger partial charge in [-0.1, -0.05) is 164 Å². The van der Waals surface area contributed by atoms with Crippen LogP contribution in [-0.2, 0) is 6.42 Å². The Morgan fingerprint density at radius 3 is 1.83 bits per heavy atom.